The lowest BCUT2D eigenvalue weighted by Crippen LogP contribution is -2.37. The van der Waals surface area contributed by atoms with Crippen LogP contribution in [0.4, 0.5) is 0 Å². The van der Waals surface area contributed by atoms with Crippen LogP contribution in [0.2, 0.25) is 0 Å². The molecule has 0 heterocycles. The number of hydrogen-bond donors (Lipinski definition) is 1. The van der Waals surface area contributed by atoms with Gasteiger partial charge < -0.3 is 18.9 Å². The number of phosphoric acid groups is 1. The number of phosphoric ester groups is 1. The highest BCUT2D eigenvalue weighted by molar-refractivity contribution is 7.47. The summed E-state index contributed by atoms with van der Waals surface area (Å²) >= 11 is 0. The van der Waals surface area contributed by atoms with Gasteiger partial charge in [0.2, 0.25) is 0 Å². The van der Waals surface area contributed by atoms with E-state index in [1.54, 1.807) is 0 Å². The molecule has 0 aromatic carbocycles. The van der Waals surface area contributed by atoms with E-state index in [0.717, 1.165) is 51.4 Å². The lowest BCUT2D eigenvalue weighted by atomic mass is 10.0. The molecule has 0 rings (SSSR count). The topological polar surface area (TPSA) is 108 Å². The number of nitrogens with zero attached hydrogens (tertiary/aromatic N) is 1. The molecule has 328 valence electrons. The predicted molar refractivity (Wildman–Crippen MR) is 234 cm³/mol. The SMILES string of the molecule is CCCCC/C=C/C/C=C/C/C=C/CCCCC(=O)O[C@H](COC(=O)CCCCCCCCCCCCCCCCCCC)COP(=O)(O)OCC[N+](C)(C)C. The highest BCUT2D eigenvalue weighted by Crippen LogP contribution is 2.43. The van der Waals surface area contributed by atoms with Gasteiger partial charge in [-0.05, 0) is 51.4 Å². The zero-order valence-corrected chi connectivity index (χ0v) is 37.8. The van der Waals surface area contributed by atoms with Gasteiger partial charge in [-0.25, -0.2) is 4.57 Å². The second-order valence-corrected chi connectivity index (χ2v) is 17.9. The molecule has 0 aliphatic rings. The number of unbranched alkanes of at least 4 members (excludes halogenated alkanes) is 21. The van der Waals surface area contributed by atoms with Crippen LogP contribution in [0, 0.1) is 0 Å². The molecule has 0 aromatic rings. The summed E-state index contributed by atoms with van der Waals surface area (Å²) in [6.07, 6.45) is 43.4. The Morgan fingerprint density at radius 1 is 0.554 bits per heavy atom. The van der Waals surface area contributed by atoms with Crippen LogP contribution in [-0.2, 0) is 32.7 Å². The molecule has 0 saturated heterocycles. The van der Waals surface area contributed by atoms with E-state index in [1.807, 2.05) is 21.1 Å². The third-order valence-corrected chi connectivity index (χ3v) is 10.7. The summed E-state index contributed by atoms with van der Waals surface area (Å²) in [5, 5.41) is 0. The molecule has 0 aromatic heterocycles. The van der Waals surface area contributed by atoms with Crippen molar-refractivity contribution in [2.75, 3.05) is 47.5 Å². The number of carbonyl (C=O) groups is 2. The number of likely N-dealkylation sites (N-methyl/N-ethyl adjacent to an activating group) is 1. The number of ether oxygens (including phenoxy) is 2. The van der Waals surface area contributed by atoms with Crippen molar-refractivity contribution in [2.24, 2.45) is 0 Å². The molecule has 0 bridgehead atoms. The Hall–Kier alpha value is -1.77. The van der Waals surface area contributed by atoms with E-state index in [9.17, 15) is 19.0 Å². The van der Waals surface area contributed by atoms with Crippen LogP contribution in [0.15, 0.2) is 36.5 Å². The predicted octanol–water partition coefficient (Wildman–Crippen LogP) is 12.9. The fourth-order valence-electron chi connectivity index (χ4n) is 6.08. The third kappa shape index (κ3) is 41.9. The van der Waals surface area contributed by atoms with Crippen molar-refractivity contribution in [3.63, 3.8) is 0 Å². The first-order chi connectivity index (χ1) is 27.0. The van der Waals surface area contributed by atoms with Crippen LogP contribution in [-0.4, -0.2) is 74.9 Å². The molecular weight excluding hydrogens is 725 g/mol. The smallest absolute Gasteiger partial charge is 0.462 e. The summed E-state index contributed by atoms with van der Waals surface area (Å²) in [6, 6.07) is 0. The van der Waals surface area contributed by atoms with Crippen LogP contribution in [0.25, 0.3) is 0 Å². The number of quaternary nitrogens is 1. The summed E-state index contributed by atoms with van der Waals surface area (Å²) < 4.78 is 34.3. The zero-order valence-electron chi connectivity index (χ0n) is 36.9. The summed E-state index contributed by atoms with van der Waals surface area (Å²) in [5.41, 5.74) is 0. The molecule has 0 spiro atoms. The normalized spacial score (nSPS) is 13.9. The molecule has 1 unspecified atom stereocenters. The summed E-state index contributed by atoms with van der Waals surface area (Å²) in [5.74, 6) is -0.838. The second-order valence-electron chi connectivity index (χ2n) is 16.4. The average molecular weight is 813 g/mol. The lowest BCUT2D eigenvalue weighted by Gasteiger charge is -2.24. The second kappa shape index (κ2) is 38.7. The van der Waals surface area contributed by atoms with Gasteiger partial charge in [-0.3, -0.25) is 18.6 Å². The van der Waals surface area contributed by atoms with Crippen LogP contribution in [0.1, 0.15) is 194 Å². The summed E-state index contributed by atoms with van der Waals surface area (Å²) in [4.78, 5) is 35.4. The number of rotatable bonds is 41. The Bertz CT molecular complexity index is 1050. The van der Waals surface area contributed by atoms with Gasteiger partial charge in [0, 0.05) is 12.8 Å². The van der Waals surface area contributed by atoms with E-state index in [2.05, 4.69) is 50.3 Å². The van der Waals surface area contributed by atoms with E-state index < -0.39 is 26.5 Å². The van der Waals surface area contributed by atoms with E-state index in [1.165, 1.54) is 109 Å². The quantitative estimate of drug-likeness (QED) is 0.0214. The van der Waals surface area contributed by atoms with Gasteiger partial charge in [0.15, 0.2) is 6.10 Å². The molecule has 56 heavy (non-hydrogen) atoms. The molecule has 2 atom stereocenters. The first-order valence-corrected chi connectivity index (χ1v) is 24.2. The lowest BCUT2D eigenvalue weighted by molar-refractivity contribution is -0.870. The molecule has 0 aliphatic heterocycles. The zero-order chi connectivity index (χ0) is 41.4. The van der Waals surface area contributed by atoms with Gasteiger partial charge >= 0.3 is 19.8 Å². The Morgan fingerprint density at radius 3 is 1.46 bits per heavy atom. The van der Waals surface area contributed by atoms with Crippen molar-refractivity contribution in [1.29, 1.82) is 0 Å². The molecule has 0 radical (unpaired) electrons. The van der Waals surface area contributed by atoms with Crippen LogP contribution < -0.4 is 0 Å². The van der Waals surface area contributed by atoms with Crippen LogP contribution >= 0.6 is 7.82 Å². The molecule has 0 fully saturated rings. The van der Waals surface area contributed by atoms with Crippen molar-refractivity contribution in [3.8, 4) is 0 Å². The van der Waals surface area contributed by atoms with Gasteiger partial charge in [-0.1, -0.05) is 166 Å². The number of hydrogen-bond acceptors (Lipinski definition) is 7. The Balaban J connectivity index is 4.37. The molecule has 0 amide bonds. The third-order valence-electron chi connectivity index (χ3n) is 9.67. The monoisotopic (exact) mass is 813 g/mol. The van der Waals surface area contributed by atoms with E-state index in [-0.39, 0.29) is 32.0 Å². The molecule has 10 heteroatoms. The van der Waals surface area contributed by atoms with Gasteiger partial charge in [-0.15, -0.1) is 0 Å². The maximum Gasteiger partial charge on any atom is 0.472 e. The van der Waals surface area contributed by atoms with E-state index >= 15 is 0 Å². The van der Waals surface area contributed by atoms with Crippen molar-refractivity contribution in [1.82, 2.24) is 0 Å². The summed E-state index contributed by atoms with van der Waals surface area (Å²) in [7, 11) is 1.45. The van der Waals surface area contributed by atoms with Crippen LogP contribution in [0.3, 0.4) is 0 Å². The Kier molecular flexibility index (Phi) is 37.5. The van der Waals surface area contributed by atoms with E-state index in [4.69, 9.17) is 18.5 Å². The summed E-state index contributed by atoms with van der Waals surface area (Å²) in [6.45, 7) is 4.36. The molecule has 0 aliphatic carbocycles. The maximum absolute atomic E-state index is 12.7. The van der Waals surface area contributed by atoms with Crippen LogP contribution in [0.5, 0.6) is 0 Å². The highest BCUT2D eigenvalue weighted by Gasteiger charge is 2.27. The molecule has 0 saturated carbocycles. The van der Waals surface area contributed by atoms with Gasteiger partial charge in [0.05, 0.1) is 27.7 Å². The fourth-order valence-corrected chi connectivity index (χ4v) is 6.82. The minimum Gasteiger partial charge on any atom is -0.462 e. The van der Waals surface area contributed by atoms with E-state index in [0.29, 0.717) is 17.4 Å². The Morgan fingerprint density at radius 2 is 0.964 bits per heavy atom. The molecule has 9 nitrogen and oxygen atoms in total. The van der Waals surface area contributed by atoms with Crippen molar-refractivity contribution < 1.29 is 42.1 Å². The van der Waals surface area contributed by atoms with Gasteiger partial charge in [-0.2, -0.15) is 0 Å². The highest BCUT2D eigenvalue weighted by atomic mass is 31.2. The minimum atomic E-state index is -4.38. The van der Waals surface area contributed by atoms with Crippen molar-refractivity contribution in [2.45, 2.75) is 200 Å². The number of esters is 2. The largest absolute Gasteiger partial charge is 0.472 e. The van der Waals surface area contributed by atoms with Gasteiger partial charge in [0.25, 0.3) is 0 Å². The minimum absolute atomic E-state index is 0.0251. The number of carbonyl (C=O) groups excluding carboxylic acids is 2. The number of allylic oxidation sites excluding steroid dienone is 6. The van der Waals surface area contributed by atoms with Gasteiger partial charge in [0.1, 0.15) is 19.8 Å². The molecule has 1 N–H and O–H groups in total. The maximum atomic E-state index is 12.7. The van der Waals surface area contributed by atoms with Crippen molar-refractivity contribution in [3.05, 3.63) is 36.5 Å². The standard InChI is InChI=1S/C46H86NO8P/c1-6-8-10-12-14-16-18-20-22-23-25-26-28-30-32-34-36-38-45(48)52-42-44(43-54-56(50,51)53-41-40-47(3,4)5)55-46(49)39-37-35-33-31-29-27-24-21-19-17-15-13-11-9-7-2/h15,17,21,24,29,31,44H,6-14,16,18-20,22-23,25-28,30,32-43H2,1-5H3/p+1/b17-15+,24-21+,31-29+/t44-/m1/s1. The van der Waals surface area contributed by atoms with Crippen molar-refractivity contribution >= 4 is 19.8 Å². The fraction of sp³-hybridized carbons (Fsp3) is 0.826. The first-order valence-electron chi connectivity index (χ1n) is 22.7. The first kappa shape index (κ1) is 54.2. The Labute approximate surface area is 344 Å². The average Bonchev–Trinajstić information content (AvgIpc) is 3.15. The molecular formula is C46H87NO8P+.